The number of fused-ring (bicyclic) bond motifs is 1. The lowest BCUT2D eigenvalue weighted by Crippen LogP contribution is -2.46. The molecule has 0 saturated heterocycles. The van der Waals surface area contributed by atoms with Crippen molar-refractivity contribution in [2.24, 2.45) is 35.0 Å². The number of esters is 1. The van der Waals surface area contributed by atoms with Crippen molar-refractivity contribution in [3.8, 4) is 0 Å². The van der Waals surface area contributed by atoms with Gasteiger partial charge in [0.15, 0.2) is 8.32 Å². The topological polar surface area (TPSA) is 35.5 Å². The van der Waals surface area contributed by atoms with Gasteiger partial charge in [0.2, 0.25) is 0 Å². The molecule has 0 bridgehead atoms. The lowest BCUT2D eigenvalue weighted by Gasteiger charge is -2.44. The van der Waals surface area contributed by atoms with Crippen LogP contribution >= 0.6 is 0 Å². The Hall–Kier alpha value is -1.39. The van der Waals surface area contributed by atoms with Crippen molar-refractivity contribution in [3.05, 3.63) is 47.6 Å². The van der Waals surface area contributed by atoms with Gasteiger partial charge in [0.25, 0.3) is 0 Å². The molecule has 0 unspecified atom stereocenters. The molecule has 0 radical (unpaired) electrons. The summed E-state index contributed by atoms with van der Waals surface area (Å²) in [6, 6.07) is 0. The highest BCUT2D eigenvalue weighted by molar-refractivity contribution is 6.74. The summed E-state index contributed by atoms with van der Waals surface area (Å²) in [5.41, 5.74) is 4.11. The van der Waals surface area contributed by atoms with Crippen LogP contribution in [0, 0.1) is 35.0 Å². The second-order valence-electron chi connectivity index (χ2n) is 15.4. The zero-order valence-corrected chi connectivity index (χ0v) is 28.7. The summed E-state index contributed by atoms with van der Waals surface area (Å²) in [6.07, 6.45) is 17.4. The van der Waals surface area contributed by atoms with Crippen LogP contribution in [0.3, 0.4) is 0 Å². The molecular weight excluding hydrogens is 508 g/mol. The van der Waals surface area contributed by atoms with E-state index in [4.69, 9.17) is 9.16 Å². The first kappa shape index (κ1) is 33.1. The summed E-state index contributed by atoms with van der Waals surface area (Å²) in [6.45, 7) is 29.4. The quantitative estimate of drug-likeness (QED) is 0.166. The van der Waals surface area contributed by atoms with E-state index in [-0.39, 0.29) is 23.2 Å². The molecule has 0 N–H and O–H groups in total. The standard InChI is InChI=1S/C36H60O3Si/c1-24(2)25(3)15-16-26(4)32-19-20-33-29(14-13-21-36(32,33)10)17-18-30-22-31(39-40(11,12)35(7,8)9)23-34(27(30)5)38-28(6)37/h15-18,24-26,31-34H,5,13-14,19-23H2,1-4,6-12H3/t25-,26+,31+,32+,33-,34-,36+/m0/s1. The third-order valence-electron chi connectivity index (χ3n) is 11.2. The van der Waals surface area contributed by atoms with Gasteiger partial charge in [0, 0.05) is 13.3 Å². The van der Waals surface area contributed by atoms with Crippen LogP contribution in [0.5, 0.6) is 0 Å². The van der Waals surface area contributed by atoms with Crippen LogP contribution in [0.15, 0.2) is 47.6 Å². The number of rotatable bonds is 8. The maximum Gasteiger partial charge on any atom is 0.303 e. The van der Waals surface area contributed by atoms with Crippen LogP contribution in [0.2, 0.25) is 18.1 Å². The first-order valence-electron chi connectivity index (χ1n) is 16.1. The Balaban J connectivity index is 1.84. The maximum atomic E-state index is 12.0. The molecular formula is C36H60O3Si. The van der Waals surface area contributed by atoms with Crippen molar-refractivity contribution in [1.82, 2.24) is 0 Å². The zero-order valence-electron chi connectivity index (χ0n) is 27.7. The summed E-state index contributed by atoms with van der Waals surface area (Å²) < 4.78 is 12.6. The van der Waals surface area contributed by atoms with Gasteiger partial charge in [-0.1, -0.05) is 91.8 Å². The van der Waals surface area contributed by atoms with Crippen molar-refractivity contribution in [2.45, 2.75) is 138 Å². The third kappa shape index (κ3) is 7.51. The minimum Gasteiger partial charge on any atom is -0.458 e. The number of hydrogen-bond acceptors (Lipinski definition) is 3. The summed E-state index contributed by atoms with van der Waals surface area (Å²) in [7, 11) is -1.95. The van der Waals surface area contributed by atoms with Crippen LogP contribution in [0.4, 0.5) is 0 Å². The van der Waals surface area contributed by atoms with E-state index < -0.39 is 8.32 Å². The van der Waals surface area contributed by atoms with Crippen LogP contribution in [0.25, 0.3) is 0 Å². The summed E-state index contributed by atoms with van der Waals surface area (Å²) in [5.74, 6) is 3.08. The average molecular weight is 569 g/mol. The Kier molecular flexibility index (Phi) is 10.6. The van der Waals surface area contributed by atoms with Gasteiger partial charge in [0.1, 0.15) is 6.10 Å². The molecule has 0 aromatic rings. The highest BCUT2D eigenvalue weighted by Crippen LogP contribution is 2.59. The maximum absolute atomic E-state index is 12.0. The number of carbonyl (C=O) groups excluding carboxylic acids is 1. The molecule has 7 atom stereocenters. The van der Waals surface area contributed by atoms with E-state index in [9.17, 15) is 4.79 Å². The first-order valence-corrected chi connectivity index (χ1v) is 19.0. The molecule has 4 heteroatoms. The van der Waals surface area contributed by atoms with Gasteiger partial charge in [0.05, 0.1) is 6.10 Å². The average Bonchev–Trinajstić information content (AvgIpc) is 3.19. The Morgan fingerprint density at radius 1 is 1.10 bits per heavy atom. The molecule has 3 nitrogen and oxygen atoms in total. The van der Waals surface area contributed by atoms with E-state index >= 15 is 0 Å². The predicted octanol–water partition coefficient (Wildman–Crippen LogP) is 10.2. The number of ether oxygens (including phenoxy) is 1. The molecule has 3 aliphatic carbocycles. The minimum atomic E-state index is -1.95. The van der Waals surface area contributed by atoms with Crippen molar-refractivity contribution < 1.29 is 14.0 Å². The lowest BCUT2D eigenvalue weighted by atomic mass is 9.61. The second kappa shape index (κ2) is 12.9. The Labute approximate surface area is 248 Å². The largest absolute Gasteiger partial charge is 0.458 e. The molecule has 0 heterocycles. The third-order valence-corrected chi connectivity index (χ3v) is 15.8. The van der Waals surface area contributed by atoms with Crippen molar-refractivity contribution >= 4 is 14.3 Å². The fourth-order valence-electron chi connectivity index (χ4n) is 7.28. The highest BCUT2D eigenvalue weighted by atomic mass is 28.4. The molecule has 226 valence electrons. The van der Waals surface area contributed by atoms with E-state index in [1.54, 1.807) is 5.57 Å². The van der Waals surface area contributed by atoms with Crippen LogP contribution in [0.1, 0.15) is 107 Å². The van der Waals surface area contributed by atoms with E-state index in [2.05, 4.69) is 99.4 Å². The molecule has 0 aliphatic heterocycles. The van der Waals surface area contributed by atoms with Crippen LogP contribution < -0.4 is 0 Å². The number of carbonyl (C=O) groups is 1. The summed E-state index contributed by atoms with van der Waals surface area (Å²) >= 11 is 0. The van der Waals surface area contributed by atoms with Gasteiger partial charge in [-0.05, 0) is 103 Å². The normalized spacial score (nSPS) is 33.5. The molecule has 3 saturated carbocycles. The smallest absolute Gasteiger partial charge is 0.303 e. The number of hydrogen-bond donors (Lipinski definition) is 0. The van der Waals surface area contributed by atoms with E-state index in [0.29, 0.717) is 35.5 Å². The van der Waals surface area contributed by atoms with E-state index in [1.807, 2.05) is 0 Å². The summed E-state index contributed by atoms with van der Waals surface area (Å²) in [4.78, 5) is 12.0. The fraction of sp³-hybridized carbons (Fsp3) is 0.750. The van der Waals surface area contributed by atoms with Gasteiger partial charge in [-0.3, -0.25) is 4.79 Å². The number of allylic oxidation sites excluding steroid dienone is 5. The van der Waals surface area contributed by atoms with Crippen LogP contribution in [-0.4, -0.2) is 26.5 Å². The van der Waals surface area contributed by atoms with Crippen LogP contribution in [-0.2, 0) is 14.0 Å². The van der Waals surface area contributed by atoms with Gasteiger partial charge in [-0.25, -0.2) is 0 Å². The fourth-order valence-corrected chi connectivity index (χ4v) is 8.65. The van der Waals surface area contributed by atoms with Gasteiger partial charge < -0.3 is 9.16 Å². The second-order valence-corrected chi connectivity index (χ2v) is 20.2. The van der Waals surface area contributed by atoms with Gasteiger partial charge >= 0.3 is 5.97 Å². The molecule has 0 aromatic heterocycles. The molecule has 3 fully saturated rings. The first-order chi connectivity index (χ1) is 18.5. The van der Waals surface area contributed by atoms with E-state index in [0.717, 1.165) is 17.9 Å². The van der Waals surface area contributed by atoms with E-state index in [1.165, 1.54) is 44.6 Å². The van der Waals surface area contributed by atoms with Crippen molar-refractivity contribution in [2.75, 3.05) is 0 Å². The molecule has 0 aromatic carbocycles. The minimum absolute atomic E-state index is 0.0498. The molecule has 3 rings (SSSR count). The SMILES string of the molecule is C=C1C(=CC=C2CCC[C@]3(C)[C@@H]([C@H](C)C=C[C@H](C)C(C)C)CC[C@@H]23)C[C@@H](O[Si](C)(C)C(C)(C)C)C[C@@H]1OC(C)=O. The van der Waals surface area contributed by atoms with Crippen molar-refractivity contribution in [1.29, 1.82) is 0 Å². The molecule has 0 spiro atoms. The van der Waals surface area contributed by atoms with Gasteiger partial charge in [-0.15, -0.1) is 0 Å². The predicted molar refractivity (Wildman–Crippen MR) is 173 cm³/mol. The zero-order chi connectivity index (χ0) is 30.0. The Morgan fingerprint density at radius 3 is 2.38 bits per heavy atom. The summed E-state index contributed by atoms with van der Waals surface area (Å²) in [5, 5.41) is 0.134. The Bertz CT molecular complexity index is 1010. The highest BCUT2D eigenvalue weighted by Gasteiger charge is 2.50. The lowest BCUT2D eigenvalue weighted by molar-refractivity contribution is -0.145. The molecule has 40 heavy (non-hydrogen) atoms. The molecule has 0 amide bonds. The monoisotopic (exact) mass is 568 g/mol. The van der Waals surface area contributed by atoms with Crippen molar-refractivity contribution in [3.63, 3.8) is 0 Å². The molecule has 3 aliphatic rings. The van der Waals surface area contributed by atoms with Gasteiger partial charge in [-0.2, -0.15) is 0 Å². The Morgan fingerprint density at radius 2 is 1.77 bits per heavy atom.